The number of hydrogen-bond donors (Lipinski definition) is 0. The van der Waals surface area contributed by atoms with Crippen LogP contribution in [0.3, 0.4) is 0 Å². The lowest BCUT2D eigenvalue weighted by Crippen LogP contribution is -2.74. The third kappa shape index (κ3) is 4.14. The molecular weight excluding hydrogens is 510 g/mol. The van der Waals surface area contributed by atoms with Gasteiger partial charge < -0.3 is 0 Å². The normalized spacial score (nSPS) is 16.3. The summed E-state index contributed by atoms with van der Waals surface area (Å²) >= 11 is 3.39. The molecule has 180 valence electrons. The van der Waals surface area contributed by atoms with Crippen LogP contribution >= 0.6 is 11.6 Å². The van der Waals surface area contributed by atoms with Crippen molar-refractivity contribution in [3.8, 4) is 6.07 Å². The summed E-state index contributed by atoms with van der Waals surface area (Å²) in [6.07, 6.45) is -1.32. The fourth-order valence-corrected chi connectivity index (χ4v) is 1.67. The maximum absolute atomic E-state index is 13.4. The second-order valence-electron chi connectivity index (χ2n) is 5.41. The number of allylic oxidation sites excluding steroid dienone is 4. The molecule has 0 fully saturated rings. The van der Waals surface area contributed by atoms with Gasteiger partial charge in [0.1, 0.15) is 0 Å². The van der Waals surface area contributed by atoms with Gasteiger partial charge in [0.25, 0.3) is 0 Å². The van der Waals surface area contributed by atoms with Crippen molar-refractivity contribution in [2.75, 3.05) is 0 Å². The summed E-state index contributed by atoms with van der Waals surface area (Å²) in [5.74, 6) is -55.5. The first-order chi connectivity index (χ1) is 13.3. The highest BCUT2D eigenvalue weighted by atomic mass is 35.5. The lowest BCUT2D eigenvalue weighted by Gasteiger charge is -2.42. The fraction of sp³-hybridized carbons (Fsp3) is 0.615. The van der Waals surface area contributed by atoms with Gasteiger partial charge >= 0.3 is 46.8 Å². The molecule has 31 heavy (non-hydrogen) atoms. The molecule has 18 heteroatoms. The van der Waals surface area contributed by atoms with E-state index in [9.17, 15) is 70.2 Å². The molecule has 0 rings (SSSR count). The highest BCUT2D eigenvalue weighted by Crippen LogP contribution is 2.64. The minimum atomic E-state index is -8.49. The first kappa shape index (κ1) is 29.1. The molecule has 0 spiro atoms. The predicted molar refractivity (Wildman–Crippen MR) is 69.3 cm³/mol. The Kier molecular flexibility index (Phi) is 7.45. The van der Waals surface area contributed by atoms with E-state index in [1.54, 1.807) is 0 Å². The third-order valence-electron chi connectivity index (χ3n) is 3.33. The van der Waals surface area contributed by atoms with E-state index >= 15 is 0 Å². The van der Waals surface area contributed by atoms with E-state index in [-0.39, 0.29) is 18.2 Å². The van der Waals surface area contributed by atoms with Crippen LogP contribution in [0.25, 0.3) is 0 Å². The summed E-state index contributed by atoms with van der Waals surface area (Å²) < 4.78 is 210. The zero-order valence-electron chi connectivity index (χ0n) is 13.7. The Balaban J connectivity index is 6.66. The van der Waals surface area contributed by atoms with Crippen LogP contribution in [0.15, 0.2) is 24.3 Å². The van der Waals surface area contributed by atoms with Crippen molar-refractivity contribution in [3.63, 3.8) is 0 Å². The number of alkyl halides is 17. The van der Waals surface area contributed by atoms with Crippen LogP contribution in [0.4, 0.5) is 70.2 Å². The summed E-state index contributed by atoms with van der Waals surface area (Å²) in [5.41, 5.74) is 0. The van der Waals surface area contributed by atoms with Crippen LogP contribution in [0.5, 0.6) is 0 Å². The molecule has 0 aromatic rings. The van der Waals surface area contributed by atoms with Gasteiger partial charge in [-0.1, -0.05) is 12.2 Å². The average molecular weight is 514 g/mol. The van der Waals surface area contributed by atoms with Crippen molar-refractivity contribution in [2.45, 2.75) is 46.8 Å². The van der Waals surface area contributed by atoms with E-state index in [4.69, 9.17) is 5.26 Å². The van der Waals surface area contributed by atoms with Gasteiger partial charge in [0.2, 0.25) is 0 Å². The van der Waals surface area contributed by atoms with E-state index < -0.39 is 52.9 Å². The summed E-state index contributed by atoms with van der Waals surface area (Å²) in [6.45, 7) is 0. The number of rotatable bonds is 9. The molecular formula is C13H4ClF16N. The first-order valence-electron chi connectivity index (χ1n) is 6.76. The topological polar surface area (TPSA) is 23.8 Å². The van der Waals surface area contributed by atoms with E-state index in [1.807, 2.05) is 0 Å². The maximum Gasteiger partial charge on any atom is 0.393 e. The molecule has 0 unspecified atom stereocenters. The minimum absolute atomic E-state index is 0.131. The van der Waals surface area contributed by atoms with Crippen molar-refractivity contribution in [3.05, 3.63) is 24.3 Å². The van der Waals surface area contributed by atoms with Crippen molar-refractivity contribution in [1.82, 2.24) is 0 Å². The molecule has 0 radical (unpaired) electrons. The van der Waals surface area contributed by atoms with Crippen LogP contribution in [-0.4, -0.2) is 46.8 Å². The minimum Gasteiger partial charge on any atom is -0.195 e. The van der Waals surface area contributed by atoms with Gasteiger partial charge in [-0.3, -0.25) is 0 Å². The molecule has 1 nitrogen and oxygen atoms in total. The Bertz CT molecular complexity index is 754. The molecule has 0 heterocycles. The van der Waals surface area contributed by atoms with Crippen molar-refractivity contribution in [1.29, 1.82) is 5.26 Å². The van der Waals surface area contributed by atoms with Gasteiger partial charge in [0.15, 0.2) is 0 Å². The van der Waals surface area contributed by atoms with Gasteiger partial charge in [-0.2, -0.15) is 75.5 Å². The largest absolute Gasteiger partial charge is 0.393 e. The number of hydrogen-bond acceptors (Lipinski definition) is 1. The molecule has 0 bridgehead atoms. The Morgan fingerprint density at radius 1 is 0.516 bits per heavy atom. The molecule has 0 aromatic carbocycles. The van der Waals surface area contributed by atoms with Gasteiger partial charge in [-0.15, -0.1) is 0 Å². The van der Waals surface area contributed by atoms with Crippen molar-refractivity contribution < 1.29 is 70.2 Å². The number of nitrogens with zero attached hydrogens (tertiary/aromatic N) is 1. The molecule has 0 aliphatic heterocycles. The molecule has 0 amide bonds. The van der Waals surface area contributed by atoms with E-state index in [0.29, 0.717) is 0 Å². The molecule has 0 saturated heterocycles. The molecule has 0 N–H and O–H groups in total. The predicted octanol–water partition coefficient (Wildman–Crippen LogP) is 6.90. The lowest BCUT2D eigenvalue weighted by atomic mass is 9.89. The molecule has 0 atom stereocenters. The van der Waals surface area contributed by atoms with Crippen LogP contribution in [0, 0.1) is 11.3 Å². The van der Waals surface area contributed by atoms with Crippen LogP contribution < -0.4 is 0 Å². The van der Waals surface area contributed by atoms with E-state index in [0.717, 1.165) is 6.07 Å². The molecule has 0 aliphatic carbocycles. The summed E-state index contributed by atoms with van der Waals surface area (Å²) in [4.78, 5) is 0. The highest BCUT2D eigenvalue weighted by molar-refractivity contribution is 6.22. The second kappa shape index (κ2) is 7.93. The SMILES string of the molecule is N#CC=CC=CC(F)(F)C(F)(F)C(F)(F)C(F)(F)C(F)(F)C(F)(F)C(F)(F)C(F)(F)Cl. The van der Waals surface area contributed by atoms with Crippen molar-refractivity contribution >= 4 is 11.6 Å². The highest BCUT2D eigenvalue weighted by Gasteiger charge is 2.94. The Labute approximate surface area is 165 Å². The Hall–Kier alpha value is -1.86. The average Bonchev–Trinajstić information content (AvgIpc) is 2.56. The van der Waals surface area contributed by atoms with Crippen LogP contribution in [0.2, 0.25) is 0 Å². The van der Waals surface area contributed by atoms with Gasteiger partial charge in [0.05, 0.1) is 6.07 Å². The lowest BCUT2D eigenvalue weighted by molar-refractivity contribution is -0.446. The zero-order chi connectivity index (χ0) is 25.5. The first-order valence-corrected chi connectivity index (χ1v) is 7.14. The number of halogens is 17. The quantitative estimate of drug-likeness (QED) is 0.142. The monoisotopic (exact) mass is 513 g/mol. The Morgan fingerprint density at radius 2 is 0.839 bits per heavy atom. The zero-order valence-corrected chi connectivity index (χ0v) is 14.4. The summed E-state index contributed by atoms with van der Waals surface area (Å²) in [6, 6.07) is 1.05. The van der Waals surface area contributed by atoms with E-state index in [1.165, 1.54) is 0 Å². The standard InChI is InChI=1S/C13H4ClF16N/c14-13(29,30)12(27,28)11(25,26)10(23,24)9(21,22)8(19,20)7(17,18)6(15,16)4-2-1-3-5-31/h1-4H. The van der Waals surface area contributed by atoms with Crippen LogP contribution in [0.1, 0.15) is 0 Å². The summed E-state index contributed by atoms with van der Waals surface area (Å²) in [7, 11) is 0. The van der Waals surface area contributed by atoms with Gasteiger partial charge in [0, 0.05) is 6.08 Å². The third-order valence-corrected chi connectivity index (χ3v) is 3.57. The molecule has 0 aromatic heterocycles. The number of nitriles is 1. The van der Waals surface area contributed by atoms with Crippen molar-refractivity contribution in [2.24, 2.45) is 0 Å². The maximum atomic E-state index is 13.4. The molecule has 0 aliphatic rings. The fourth-order valence-electron chi connectivity index (χ4n) is 1.56. The van der Waals surface area contributed by atoms with Gasteiger partial charge in [-0.05, 0) is 17.7 Å². The Morgan fingerprint density at radius 3 is 1.16 bits per heavy atom. The van der Waals surface area contributed by atoms with E-state index in [2.05, 4.69) is 11.6 Å². The second-order valence-corrected chi connectivity index (χ2v) is 5.89. The molecule has 0 saturated carbocycles. The summed E-state index contributed by atoms with van der Waals surface area (Å²) in [5, 5.41) is 1.16. The van der Waals surface area contributed by atoms with Crippen LogP contribution in [-0.2, 0) is 0 Å². The smallest absolute Gasteiger partial charge is 0.195 e. The van der Waals surface area contributed by atoms with Gasteiger partial charge in [-0.25, -0.2) is 0 Å².